The van der Waals surface area contributed by atoms with Crippen LogP contribution in [-0.4, -0.2) is 51.6 Å². The number of nitrogens with one attached hydrogen (secondary N) is 1. The monoisotopic (exact) mass is 535 g/mol. The minimum Gasteiger partial charge on any atom is -0.379 e. The molecular formula is C31H42FN5O2. The van der Waals surface area contributed by atoms with Gasteiger partial charge in [-0.25, -0.2) is 14.4 Å². The topological polar surface area (TPSA) is 73.8 Å². The zero-order valence-electron chi connectivity index (χ0n) is 22.8. The largest absolute Gasteiger partial charge is 0.379 e. The summed E-state index contributed by atoms with van der Waals surface area (Å²) in [6.07, 6.45) is 18.5. The second-order valence-corrected chi connectivity index (χ2v) is 11.8. The van der Waals surface area contributed by atoms with Gasteiger partial charge in [0.15, 0.2) is 0 Å². The third kappa shape index (κ3) is 6.07. The van der Waals surface area contributed by atoms with Gasteiger partial charge in [0.1, 0.15) is 5.82 Å². The minimum atomic E-state index is -0.924. The van der Waals surface area contributed by atoms with Gasteiger partial charge in [0, 0.05) is 30.7 Å². The smallest absolute Gasteiger partial charge is 0.223 e. The summed E-state index contributed by atoms with van der Waals surface area (Å²) >= 11 is 0. The highest BCUT2D eigenvalue weighted by molar-refractivity contribution is 5.80. The molecule has 0 bridgehead atoms. The number of rotatable bonds is 6. The fourth-order valence-corrected chi connectivity index (χ4v) is 7.09. The van der Waals surface area contributed by atoms with Crippen molar-refractivity contribution >= 4 is 17.3 Å². The van der Waals surface area contributed by atoms with Crippen molar-refractivity contribution in [1.29, 1.82) is 0 Å². The highest BCUT2D eigenvalue weighted by Crippen LogP contribution is 2.39. The Hall–Kier alpha value is -2.71. The summed E-state index contributed by atoms with van der Waals surface area (Å²) in [5, 5.41) is 15.0. The van der Waals surface area contributed by atoms with Gasteiger partial charge in [-0.15, -0.1) is 0 Å². The first-order valence-corrected chi connectivity index (χ1v) is 15.1. The third-order valence-electron chi connectivity index (χ3n) is 9.30. The Morgan fingerprint density at radius 3 is 2.31 bits per heavy atom. The number of ether oxygens (including phenoxy) is 1. The number of anilines is 2. The van der Waals surface area contributed by atoms with E-state index in [9.17, 15) is 9.50 Å². The highest BCUT2D eigenvalue weighted by atomic mass is 19.1. The van der Waals surface area contributed by atoms with Crippen LogP contribution in [0.25, 0.3) is 5.70 Å². The zero-order chi connectivity index (χ0) is 26.6. The van der Waals surface area contributed by atoms with Crippen molar-refractivity contribution in [3.8, 4) is 0 Å². The van der Waals surface area contributed by atoms with E-state index in [1.54, 1.807) is 18.3 Å². The normalized spacial score (nSPS) is 28.7. The molecule has 0 radical (unpaired) electrons. The van der Waals surface area contributed by atoms with E-state index in [-0.39, 0.29) is 11.9 Å². The molecule has 2 aliphatic heterocycles. The van der Waals surface area contributed by atoms with Gasteiger partial charge in [-0.05, 0) is 74.3 Å². The predicted molar refractivity (Wildman–Crippen MR) is 151 cm³/mol. The number of benzene rings is 1. The molecule has 1 aromatic carbocycles. The molecular weight excluding hydrogens is 493 g/mol. The van der Waals surface area contributed by atoms with E-state index in [1.807, 2.05) is 22.1 Å². The van der Waals surface area contributed by atoms with Crippen molar-refractivity contribution in [1.82, 2.24) is 14.9 Å². The lowest BCUT2D eigenvalue weighted by Crippen LogP contribution is -2.44. The van der Waals surface area contributed by atoms with Gasteiger partial charge < -0.3 is 20.1 Å². The Kier molecular flexibility index (Phi) is 8.30. The zero-order valence-corrected chi connectivity index (χ0v) is 22.8. The highest BCUT2D eigenvalue weighted by Gasteiger charge is 2.38. The Morgan fingerprint density at radius 1 is 0.872 bits per heavy atom. The van der Waals surface area contributed by atoms with Gasteiger partial charge in [-0.3, -0.25) is 4.90 Å². The van der Waals surface area contributed by atoms with Crippen LogP contribution in [0, 0.1) is 17.7 Å². The molecule has 1 saturated heterocycles. The van der Waals surface area contributed by atoms with Crippen molar-refractivity contribution in [2.45, 2.75) is 95.5 Å². The van der Waals surface area contributed by atoms with Crippen molar-refractivity contribution in [3.05, 3.63) is 54.2 Å². The molecule has 4 aliphatic rings. The number of halogens is 1. The molecule has 2 aliphatic carbocycles. The maximum absolute atomic E-state index is 13.7. The lowest BCUT2D eigenvalue weighted by molar-refractivity contribution is 0.0241. The van der Waals surface area contributed by atoms with Gasteiger partial charge in [-0.2, -0.15) is 0 Å². The average molecular weight is 536 g/mol. The van der Waals surface area contributed by atoms with Crippen LogP contribution in [0.1, 0.15) is 82.7 Å². The molecule has 8 heteroatoms. The Bertz CT molecular complexity index is 1110. The van der Waals surface area contributed by atoms with Crippen LogP contribution in [0.3, 0.4) is 0 Å². The summed E-state index contributed by atoms with van der Waals surface area (Å²) in [5.41, 5.74) is 2.19. The lowest BCUT2D eigenvalue weighted by atomic mass is 9.73. The molecule has 39 heavy (non-hydrogen) atoms. The SMILES string of the molecule is OC1N(c2ccc(F)cc2)C(c2ccnc(NC3CCC(C4CCCCCCC4)CC3)n2)=CN1C1CCOC1. The molecule has 3 fully saturated rings. The quantitative estimate of drug-likeness (QED) is 0.461. The maximum Gasteiger partial charge on any atom is 0.223 e. The molecule has 3 heterocycles. The summed E-state index contributed by atoms with van der Waals surface area (Å²) in [5.74, 6) is 2.10. The number of hydrogen-bond donors (Lipinski definition) is 2. The third-order valence-corrected chi connectivity index (χ3v) is 9.30. The van der Waals surface area contributed by atoms with Crippen LogP contribution in [0.4, 0.5) is 16.0 Å². The molecule has 2 aromatic rings. The van der Waals surface area contributed by atoms with E-state index >= 15 is 0 Å². The first-order valence-electron chi connectivity index (χ1n) is 15.1. The van der Waals surface area contributed by atoms with Crippen molar-refractivity contribution in [3.63, 3.8) is 0 Å². The number of hydrogen-bond acceptors (Lipinski definition) is 7. The van der Waals surface area contributed by atoms with Crippen LogP contribution in [-0.2, 0) is 4.74 Å². The number of aromatic nitrogens is 2. The average Bonchev–Trinajstić information content (AvgIpc) is 3.58. The first kappa shape index (κ1) is 26.5. The van der Waals surface area contributed by atoms with E-state index in [2.05, 4.69) is 10.3 Å². The fourth-order valence-electron chi connectivity index (χ4n) is 7.09. The van der Waals surface area contributed by atoms with E-state index < -0.39 is 6.35 Å². The minimum absolute atomic E-state index is 0.0768. The van der Waals surface area contributed by atoms with Gasteiger partial charge >= 0.3 is 0 Å². The number of aliphatic hydroxyl groups is 1. The molecule has 2 saturated carbocycles. The summed E-state index contributed by atoms with van der Waals surface area (Å²) in [6, 6.07) is 8.55. The summed E-state index contributed by atoms with van der Waals surface area (Å²) in [4.78, 5) is 13.2. The second kappa shape index (κ2) is 12.2. The number of aliphatic hydroxyl groups excluding tert-OH is 1. The van der Waals surface area contributed by atoms with E-state index in [0.717, 1.165) is 42.5 Å². The van der Waals surface area contributed by atoms with E-state index in [4.69, 9.17) is 9.72 Å². The summed E-state index contributed by atoms with van der Waals surface area (Å²) in [6.45, 7) is 1.25. The molecule has 210 valence electrons. The van der Waals surface area contributed by atoms with Crippen LogP contribution < -0.4 is 10.2 Å². The van der Waals surface area contributed by atoms with Crippen molar-refractivity contribution < 1.29 is 14.2 Å². The van der Waals surface area contributed by atoms with Crippen molar-refractivity contribution in [2.24, 2.45) is 11.8 Å². The van der Waals surface area contributed by atoms with Gasteiger partial charge in [0.2, 0.25) is 12.3 Å². The number of nitrogens with zero attached hydrogens (tertiary/aromatic N) is 4. The Labute approximate surface area is 231 Å². The predicted octanol–water partition coefficient (Wildman–Crippen LogP) is 6.13. The Balaban J connectivity index is 1.16. The van der Waals surface area contributed by atoms with E-state index in [1.165, 1.54) is 69.9 Å². The molecule has 2 N–H and O–H groups in total. The van der Waals surface area contributed by atoms with Gasteiger partial charge in [0.05, 0.1) is 24.0 Å². The second-order valence-electron chi connectivity index (χ2n) is 11.8. The fraction of sp³-hybridized carbons (Fsp3) is 0.613. The van der Waals surface area contributed by atoms with Gasteiger partial charge in [0.25, 0.3) is 0 Å². The molecule has 2 unspecified atom stereocenters. The standard InChI is InChI=1S/C31H42FN5O2/c32-24-10-14-26(15-11-24)37-29(20-36(31(37)38)27-17-19-39-21-27)28-16-18-33-30(35-28)34-25-12-8-23(9-13-25)22-6-4-2-1-3-5-7-22/h10-11,14-16,18,20,22-23,25,27,31,38H,1-9,12-13,17,19,21H2,(H,33,34,35). The molecule has 0 amide bonds. The lowest BCUT2D eigenvalue weighted by Gasteiger charge is -2.35. The molecule has 7 nitrogen and oxygen atoms in total. The molecule has 0 spiro atoms. The van der Waals surface area contributed by atoms with Crippen molar-refractivity contribution in [2.75, 3.05) is 23.4 Å². The van der Waals surface area contributed by atoms with Crippen LogP contribution >= 0.6 is 0 Å². The van der Waals surface area contributed by atoms with E-state index in [0.29, 0.717) is 30.9 Å². The summed E-state index contributed by atoms with van der Waals surface area (Å²) < 4.78 is 19.3. The Morgan fingerprint density at radius 2 is 1.59 bits per heavy atom. The van der Waals surface area contributed by atoms with Crippen LogP contribution in [0.5, 0.6) is 0 Å². The van der Waals surface area contributed by atoms with Crippen LogP contribution in [0.15, 0.2) is 42.7 Å². The molecule has 1 aromatic heterocycles. The summed E-state index contributed by atoms with van der Waals surface area (Å²) in [7, 11) is 0. The molecule has 2 atom stereocenters. The first-order chi connectivity index (χ1) is 19.2. The molecule has 6 rings (SSSR count). The van der Waals surface area contributed by atoms with Gasteiger partial charge in [-0.1, -0.05) is 44.9 Å². The maximum atomic E-state index is 13.7. The van der Waals surface area contributed by atoms with Crippen LogP contribution in [0.2, 0.25) is 0 Å².